The van der Waals surface area contributed by atoms with Gasteiger partial charge in [0, 0.05) is 47.7 Å². The van der Waals surface area contributed by atoms with Gasteiger partial charge in [-0.2, -0.15) is 8.61 Å². The molecule has 3 aliphatic rings. The van der Waals surface area contributed by atoms with Gasteiger partial charge in [-0.25, -0.2) is 21.8 Å². The Morgan fingerprint density at radius 2 is 1.76 bits per heavy atom. The summed E-state index contributed by atoms with van der Waals surface area (Å²) in [7, 11) is -7.50. The number of thiophene rings is 1. The lowest BCUT2D eigenvalue weighted by atomic mass is 9.87. The average molecular weight is 845 g/mol. The van der Waals surface area contributed by atoms with Crippen LogP contribution in [0.15, 0.2) is 38.0 Å². The normalized spacial score (nSPS) is 22.8. The van der Waals surface area contributed by atoms with E-state index in [0.717, 1.165) is 86.5 Å². The van der Waals surface area contributed by atoms with Gasteiger partial charge in [-0.05, 0) is 84.5 Å². The Morgan fingerprint density at radius 1 is 1.04 bits per heavy atom. The topological polar surface area (TPSA) is 128 Å². The summed E-state index contributed by atoms with van der Waals surface area (Å²) in [6.07, 6.45) is 11.5. The largest absolute Gasteiger partial charge is 0.480 e. The summed E-state index contributed by atoms with van der Waals surface area (Å²) in [5.74, 6) is 0.583. The van der Waals surface area contributed by atoms with Gasteiger partial charge in [-0.3, -0.25) is 4.79 Å². The number of nitrogens with zero attached hydrogens (tertiary/aromatic N) is 4. The maximum atomic E-state index is 13.5. The minimum Gasteiger partial charge on any atom is -0.480 e. The maximum absolute atomic E-state index is 13.5. The smallest absolute Gasteiger partial charge is 0.318 e. The van der Waals surface area contributed by atoms with Crippen molar-refractivity contribution < 1.29 is 26.7 Å². The molecule has 2 saturated heterocycles. The summed E-state index contributed by atoms with van der Waals surface area (Å²) in [6, 6.07) is 4.56. The number of piperidine rings is 2. The molecular formula is C30H41Br2ClN4O6S3. The van der Waals surface area contributed by atoms with Crippen molar-refractivity contribution in [3.05, 3.63) is 33.2 Å². The Labute approximate surface area is 298 Å². The van der Waals surface area contributed by atoms with Crippen LogP contribution >= 0.6 is 54.8 Å². The van der Waals surface area contributed by atoms with Crippen molar-refractivity contribution in [3.63, 3.8) is 0 Å². The van der Waals surface area contributed by atoms with Crippen LogP contribution in [0.4, 0.5) is 5.82 Å². The van der Waals surface area contributed by atoms with E-state index in [-0.39, 0.29) is 20.0 Å². The average Bonchev–Trinajstić information content (AvgIpc) is 3.39. The number of hydrogen-bond acceptors (Lipinski definition) is 8. The number of carboxylic acids is 1. The SMILES string of the molecule is O=C(O)CN(C1CCCCC1)S(=O)(=O)c1ccc(N2CCC(CCCC3CCN(S(=O)(=O)c4cc(Br)c(Cl)s4)CC3)C(Br)C2)nc1. The molecule has 0 spiro atoms. The van der Waals surface area contributed by atoms with E-state index in [2.05, 4.69) is 41.7 Å². The highest BCUT2D eigenvalue weighted by Gasteiger charge is 2.35. The molecule has 0 bridgehead atoms. The minimum absolute atomic E-state index is 0.0285. The molecule has 2 unspecified atom stereocenters. The van der Waals surface area contributed by atoms with E-state index < -0.39 is 32.6 Å². The molecule has 1 N–H and O–H groups in total. The Hall–Kier alpha value is -0.810. The lowest BCUT2D eigenvalue weighted by Crippen LogP contribution is -2.44. The van der Waals surface area contributed by atoms with E-state index in [0.29, 0.717) is 52.4 Å². The van der Waals surface area contributed by atoms with Crippen LogP contribution < -0.4 is 4.90 Å². The second kappa shape index (κ2) is 15.8. The Bertz CT molecular complexity index is 1540. The third-order valence-corrected chi connectivity index (χ3v) is 17.3. The zero-order valence-corrected chi connectivity index (χ0v) is 31.9. The fourth-order valence-corrected chi connectivity index (χ4v) is 13.3. The second-order valence-corrected chi connectivity index (χ2v) is 20.3. The lowest BCUT2D eigenvalue weighted by molar-refractivity contribution is -0.137. The summed E-state index contributed by atoms with van der Waals surface area (Å²) in [4.78, 5) is 18.5. The number of aromatic nitrogens is 1. The highest BCUT2D eigenvalue weighted by molar-refractivity contribution is 9.10. The molecule has 2 atom stereocenters. The van der Waals surface area contributed by atoms with Crippen LogP contribution in [0.5, 0.6) is 0 Å². The number of anilines is 1. The first-order valence-corrected chi connectivity index (χ1v) is 21.7. The van der Waals surface area contributed by atoms with E-state index in [1.54, 1.807) is 22.5 Å². The zero-order valence-electron chi connectivity index (χ0n) is 25.6. The van der Waals surface area contributed by atoms with Crippen LogP contribution in [0.2, 0.25) is 4.34 Å². The highest BCUT2D eigenvalue weighted by Crippen LogP contribution is 2.38. The molecule has 16 heteroatoms. The maximum Gasteiger partial charge on any atom is 0.318 e. The summed E-state index contributed by atoms with van der Waals surface area (Å²) in [5.41, 5.74) is 0. The van der Waals surface area contributed by atoms with Crippen LogP contribution in [0, 0.1) is 11.8 Å². The van der Waals surface area contributed by atoms with Crippen molar-refractivity contribution in [1.82, 2.24) is 13.6 Å². The second-order valence-electron chi connectivity index (χ2n) is 12.6. The predicted molar refractivity (Wildman–Crippen MR) is 188 cm³/mol. The van der Waals surface area contributed by atoms with Gasteiger partial charge in [0.15, 0.2) is 0 Å². The molecule has 1 saturated carbocycles. The molecule has 4 heterocycles. The Balaban J connectivity index is 1.08. The predicted octanol–water partition coefficient (Wildman–Crippen LogP) is 6.83. The van der Waals surface area contributed by atoms with Crippen LogP contribution in [-0.4, -0.2) is 85.1 Å². The highest BCUT2D eigenvalue weighted by atomic mass is 79.9. The number of aliphatic carboxylic acids is 1. The van der Waals surface area contributed by atoms with Crippen LogP contribution in [-0.2, 0) is 24.8 Å². The molecule has 2 aromatic heterocycles. The molecular weight excluding hydrogens is 804 g/mol. The number of rotatable bonds is 12. The van der Waals surface area contributed by atoms with Crippen LogP contribution in [0.3, 0.4) is 0 Å². The Morgan fingerprint density at radius 3 is 2.35 bits per heavy atom. The molecule has 3 fully saturated rings. The minimum atomic E-state index is -3.98. The van der Waals surface area contributed by atoms with Crippen molar-refractivity contribution in [2.45, 2.75) is 90.6 Å². The van der Waals surface area contributed by atoms with Gasteiger partial charge in [-0.1, -0.05) is 59.6 Å². The van der Waals surface area contributed by atoms with Gasteiger partial charge in [0.1, 0.15) is 25.8 Å². The van der Waals surface area contributed by atoms with Crippen LogP contribution in [0.25, 0.3) is 0 Å². The molecule has 0 aromatic carbocycles. The van der Waals surface area contributed by atoms with E-state index in [1.807, 2.05) is 0 Å². The molecule has 256 valence electrons. The number of carbonyl (C=O) groups is 1. The van der Waals surface area contributed by atoms with E-state index >= 15 is 0 Å². The quantitative estimate of drug-likeness (QED) is 0.231. The number of pyridine rings is 1. The number of halogens is 3. The summed E-state index contributed by atoms with van der Waals surface area (Å²) >= 11 is 14.4. The van der Waals surface area contributed by atoms with E-state index in [1.165, 1.54) is 6.20 Å². The molecule has 46 heavy (non-hydrogen) atoms. The van der Waals surface area contributed by atoms with E-state index in [4.69, 9.17) is 11.6 Å². The molecule has 5 rings (SSSR count). The molecule has 2 aliphatic heterocycles. The first-order chi connectivity index (χ1) is 21.9. The number of alkyl halides is 1. The summed E-state index contributed by atoms with van der Waals surface area (Å²) in [5, 5.41) is 9.43. The summed E-state index contributed by atoms with van der Waals surface area (Å²) < 4.78 is 57.0. The van der Waals surface area contributed by atoms with Crippen molar-refractivity contribution >= 4 is 86.6 Å². The number of carboxylic acid groups (broad SMARTS) is 1. The molecule has 0 radical (unpaired) electrons. The fraction of sp³-hybridized carbons (Fsp3) is 0.667. The van der Waals surface area contributed by atoms with Gasteiger partial charge in [0.2, 0.25) is 10.0 Å². The standard InChI is InChI=1S/C30H41Br2ClN4O6S3/c31-25-17-29(44-30(25)33)46(42,43)36-15-11-21(12-16-36)5-4-6-22-13-14-35(19-26(22)32)27-10-9-24(18-34-27)45(40,41)37(20-28(38)39)23-7-2-1-3-8-23/h9-10,17-18,21-23,26H,1-8,11-16,19-20H2,(H,38,39). The third kappa shape index (κ3) is 8.67. The lowest BCUT2D eigenvalue weighted by Gasteiger charge is -2.37. The summed E-state index contributed by atoms with van der Waals surface area (Å²) in [6.45, 7) is 2.10. The zero-order chi connectivity index (χ0) is 33.1. The van der Waals surface area contributed by atoms with Gasteiger partial charge >= 0.3 is 5.97 Å². The molecule has 2 aromatic rings. The van der Waals surface area contributed by atoms with Gasteiger partial charge in [0.25, 0.3) is 10.0 Å². The first kappa shape index (κ1) is 36.5. The van der Waals surface area contributed by atoms with Crippen molar-refractivity contribution in [1.29, 1.82) is 0 Å². The van der Waals surface area contributed by atoms with E-state index in [9.17, 15) is 26.7 Å². The molecule has 0 amide bonds. The van der Waals surface area contributed by atoms with Crippen molar-refractivity contribution in [2.24, 2.45) is 11.8 Å². The van der Waals surface area contributed by atoms with Gasteiger partial charge in [0.05, 0.1) is 0 Å². The van der Waals surface area contributed by atoms with Crippen LogP contribution in [0.1, 0.15) is 70.6 Å². The van der Waals surface area contributed by atoms with Crippen molar-refractivity contribution in [2.75, 3.05) is 37.6 Å². The third-order valence-electron chi connectivity index (χ3n) is 9.58. The van der Waals surface area contributed by atoms with Gasteiger partial charge in [-0.15, -0.1) is 11.3 Å². The molecule has 10 nitrogen and oxygen atoms in total. The number of sulfonamides is 2. The number of hydrogen-bond donors (Lipinski definition) is 1. The fourth-order valence-electron chi connectivity index (χ4n) is 6.93. The monoisotopic (exact) mass is 842 g/mol. The van der Waals surface area contributed by atoms with Crippen molar-refractivity contribution in [3.8, 4) is 0 Å². The van der Waals surface area contributed by atoms with Gasteiger partial charge < -0.3 is 10.0 Å². The molecule has 1 aliphatic carbocycles. The Kier molecular flexibility index (Phi) is 12.5. The first-order valence-electron chi connectivity index (χ1n) is 15.9.